The third-order valence-corrected chi connectivity index (χ3v) is 5.49. The summed E-state index contributed by atoms with van der Waals surface area (Å²) in [5.41, 5.74) is 3.10. The van der Waals surface area contributed by atoms with Crippen molar-refractivity contribution in [1.82, 2.24) is 24.6 Å². The standard InChI is InChI=1S/C24H24N6/c1-3-8-20(9-4-1)10-7-13-28-14-16-29(17-15-28)23-22-18-27-30(24(22)26-19-25-23)21-11-5-2-6-12-21/h1-12,18-19H,13-17H2. The molecule has 4 aromatic rings. The monoisotopic (exact) mass is 396 g/mol. The van der Waals surface area contributed by atoms with Gasteiger partial charge in [0.05, 0.1) is 17.3 Å². The Morgan fingerprint density at radius 3 is 2.33 bits per heavy atom. The van der Waals surface area contributed by atoms with Gasteiger partial charge in [-0.25, -0.2) is 14.6 Å². The maximum absolute atomic E-state index is 4.59. The summed E-state index contributed by atoms with van der Waals surface area (Å²) in [5.74, 6) is 0.974. The average Bonchev–Trinajstić information content (AvgIpc) is 3.25. The predicted octanol–water partition coefficient (Wildman–Crippen LogP) is 3.65. The number of fused-ring (bicyclic) bond motifs is 1. The lowest BCUT2D eigenvalue weighted by Gasteiger charge is -2.35. The molecule has 0 atom stereocenters. The molecule has 3 heterocycles. The zero-order chi connectivity index (χ0) is 20.2. The molecule has 0 aliphatic carbocycles. The molecule has 1 aliphatic rings. The van der Waals surface area contributed by atoms with Crippen molar-refractivity contribution < 1.29 is 0 Å². The van der Waals surface area contributed by atoms with Gasteiger partial charge in [-0.05, 0) is 17.7 Å². The van der Waals surface area contributed by atoms with Crippen LogP contribution in [0.5, 0.6) is 0 Å². The molecule has 5 rings (SSSR count). The van der Waals surface area contributed by atoms with Crippen LogP contribution in [0.2, 0.25) is 0 Å². The van der Waals surface area contributed by atoms with Crippen molar-refractivity contribution >= 4 is 22.9 Å². The van der Waals surface area contributed by atoms with Crippen LogP contribution in [0.4, 0.5) is 5.82 Å². The molecule has 30 heavy (non-hydrogen) atoms. The van der Waals surface area contributed by atoms with Gasteiger partial charge in [0.2, 0.25) is 0 Å². The molecule has 0 saturated carbocycles. The van der Waals surface area contributed by atoms with Gasteiger partial charge in [0, 0.05) is 32.7 Å². The molecule has 6 nitrogen and oxygen atoms in total. The molecule has 2 aromatic carbocycles. The summed E-state index contributed by atoms with van der Waals surface area (Å²) in [6, 6.07) is 20.5. The molecule has 0 unspecified atom stereocenters. The van der Waals surface area contributed by atoms with Crippen LogP contribution in [0.25, 0.3) is 22.8 Å². The Hall–Kier alpha value is -3.51. The first-order valence-corrected chi connectivity index (χ1v) is 10.3. The molecule has 0 bridgehead atoms. The van der Waals surface area contributed by atoms with Gasteiger partial charge >= 0.3 is 0 Å². The molecule has 0 N–H and O–H groups in total. The predicted molar refractivity (Wildman–Crippen MR) is 121 cm³/mol. The summed E-state index contributed by atoms with van der Waals surface area (Å²) in [6.07, 6.45) is 7.97. The van der Waals surface area contributed by atoms with Crippen LogP contribution in [-0.4, -0.2) is 57.4 Å². The van der Waals surface area contributed by atoms with E-state index in [0.29, 0.717) is 0 Å². The van der Waals surface area contributed by atoms with Crippen molar-refractivity contribution in [3.63, 3.8) is 0 Å². The molecule has 0 radical (unpaired) electrons. The van der Waals surface area contributed by atoms with Crippen molar-refractivity contribution in [3.05, 3.63) is 84.8 Å². The minimum Gasteiger partial charge on any atom is -0.353 e. The van der Waals surface area contributed by atoms with E-state index in [-0.39, 0.29) is 0 Å². The van der Waals surface area contributed by atoms with Gasteiger partial charge in [0.25, 0.3) is 0 Å². The van der Waals surface area contributed by atoms with E-state index in [0.717, 1.165) is 55.3 Å². The maximum Gasteiger partial charge on any atom is 0.168 e. The zero-order valence-corrected chi connectivity index (χ0v) is 16.8. The van der Waals surface area contributed by atoms with Gasteiger partial charge in [-0.2, -0.15) is 5.10 Å². The van der Waals surface area contributed by atoms with Gasteiger partial charge < -0.3 is 4.90 Å². The Morgan fingerprint density at radius 2 is 1.57 bits per heavy atom. The fraction of sp³-hybridized carbons (Fsp3) is 0.208. The van der Waals surface area contributed by atoms with E-state index in [2.05, 4.69) is 61.3 Å². The molecule has 1 aliphatic heterocycles. The zero-order valence-electron chi connectivity index (χ0n) is 16.8. The number of hydrogen-bond acceptors (Lipinski definition) is 5. The minimum absolute atomic E-state index is 0.847. The number of para-hydroxylation sites is 1. The summed E-state index contributed by atoms with van der Waals surface area (Å²) in [5, 5.41) is 5.57. The number of anilines is 1. The summed E-state index contributed by atoms with van der Waals surface area (Å²) in [7, 11) is 0. The van der Waals surface area contributed by atoms with Crippen molar-refractivity contribution in [1.29, 1.82) is 0 Å². The van der Waals surface area contributed by atoms with Gasteiger partial charge in [0.15, 0.2) is 5.65 Å². The number of aromatic nitrogens is 4. The normalized spacial score (nSPS) is 15.3. The Bertz CT molecular complexity index is 1130. The fourth-order valence-corrected chi connectivity index (χ4v) is 3.89. The number of hydrogen-bond donors (Lipinski definition) is 0. The second-order valence-corrected chi connectivity index (χ2v) is 7.43. The summed E-state index contributed by atoms with van der Waals surface area (Å²) < 4.78 is 1.88. The van der Waals surface area contributed by atoms with Crippen LogP contribution >= 0.6 is 0 Å². The first-order chi connectivity index (χ1) is 14.9. The Balaban J connectivity index is 1.27. The molecule has 150 valence electrons. The van der Waals surface area contributed by atoms with Crippen LogP contribution < -0.4 is 4.90 Å². The molecule has 0 amide bonds. The average molecular weight is 396 g/mol. The highest BCUT2D eigenvalue weighted by atomic mass is 15.3. The summed E-state index contributed by atoms with van der Waals surface area (Å²) in [6.45, 7) is 4.88. The third-order valence-electron chi connectivity index (χ3n) is 5.49. The quantitative estimate of drug-likeness (QED) is 0.515. The van der Waals surface area contributed by atoms with E-state index in [1.54, 1.807) is 6.33 Å². The van der Waals surface area contributed by atoms with Gasteiger partial charge in [-0.15, -0.1) is 0 Å². The molecule has 1 fully saturated rings. The van der Waals surface area contributed by atoms with E-state index in [1.165, 1.54) is 5.56 Å². The SMILES string of the molecule is C(=Cc1ccccc1)CN1CCN(c2ncnc3c2cnn3-c2ccccc2)CC1. The first kappa shape index (κ1) is 18.5. The van der Waals surface area contributed by atoms with E-state index >= 15 is 0 Å². The molecule has 6 heteroatoms. The minimum atomic E-state index is 0.847. The lowest BCUT2D eigenvalue weighted by atomic mass is 10.2. The molecule has 2 aromatic heterocycles. The second-order valence-electron chi connectivity index (χ2n) is 7.43. The van der Waals surface area contributed by atoms with Crippen LogP contribution in [-0.2, 0) is 0 Å². The number of rotatable bonds is 5. The van der Waals surface area contributed by atoms with Crippen LogP contribution in [0.3, 0.4) is 0 Å². The lowest BCUT2D eigenvalue weighted by molar-refractivity contribution is 0.284. The summed E-state index contributed by atoms with van der Waals surface area (Å²) >= 11 is 0. The van der Waals surface area contributed by atoms with E-state index in [4.69, 9.17) is 0 Å². The Kier molecular flexibility index (Phi) is 5.23. The van der Waals surface area contributed by atoms with Crippen molar-refractivity contribution in [3.8, 4) is 5.69 Å². The smallest absolute Gasteiger partial charge is 0.168 e. The highest BCUT2D eigenvalue weighted by Crippen LogP contribution is 2.25. The van der Waals surface area contributed by atoms with E-state index < -0.39 is 0 Å². The van der Waals surface area contributed by atoms with Gasteiger partial charge in [0.1, 0.15) is 12.1 Å². The number of piperazine rings is 1. The Morgan fingerprint density at radius 1 is 0.833 bits per heavy atom. The molecular formula is C24H24N6. The molecule has 1 saturated heterocycles. The lowest BCUT2D eigenvalue weighted by Crippen LogP contribution is -2.46. The van der Waals surface area contributed by atoms with Crippen LogP contribution in [0, 0.1) is 0 Å². The van der Waals surface area contributed by atoms with Crippen LogP contribution in [0.15, 0.2) is 79.3 Å². The maximum atomic E-state index is 4.59. The van der Waals surface area contributed by atoms with E-state index in [1.807, 2.05) is 47.3 Å². The topological polar surface area (TPSA) is 50.1 Å². The molecular weight excluding hydrogens is 372 g/mol. The van der Waals surface area contributed by atoms with Crippen LogP contribution in [0.1, 0.15) is 5.56 Å². The highest BCUT2D eigenvalue weighted by Gasteiger charge is 2.21. The molecule has 0 spiro atoms. The highest BCUT2D eigenvalue weighted by molar-refractivity contribution is 5.87. The second kappa shape index (κ2) is 8.47. The number of nitrogens with zero attached hydrogens (tertiary/aromatic N) is 6. The van der Waals surface area contributed by atoms with Gasteiger partial charge in [-0.3, -0.25) is 4.90 Å². The van der Waals surface area contributed by atoms with E-state index in [9.17, 15) is 0 Å². The van der Waals surface area contributed by atoms with Crippen molar-refractivity contribution in [2.45, 2.75) is 0 Å². The number of benzene rings is 2. The van der Waals surface area contributed by atoms with Gasteiger partial charge in [-0.1, -0.05) is 60.7 Å². The first-order valence-electron chi connectivity index (χ1n) is 10.3. The van der Waals surface area contributed by atoms with Crippen molar-refractivity contribution in [2.75, 3.05) is 37.6 Å². The third kappa shape index (κ3) is 3.82. The largest absolute Gasteiger partial charge is 0.353 e. The van der Waals surface area contributed by atoms with Crippen molar-refractivity contribution in [2.24, 2.45) is 0 Å². The Labute approximate surface area is 176 Å². The fourth-order valence-electron chi connectivity index (χ4n) is 3.89. The summed E-state index contributed by atoms with van der Waals surface area (Å²) in [4.78, 5) is 13.9.